The number of hydrogen-bond donors (Lipinski definition) is 1. The Hall–Kier alpha value is -2.36. The lowest BCUT2D eigenvalue weighted by Gasteiger charge is -2.15. The quantitative estimate of drug-likeness (QED) is 0.568. The maximum absolute atomic E-state index is 11.7. The molecular weight excluding hydrogens is 416 g/mol. The average Bonchev–Trinajstić information content (AvgIpc) is 3.36. The molecule has 3 heterocycles. The van der Waals surface area contributed by atoms with Crippen LogP contribution in [0.15, 0.2) is 41.0 Å². The van der Waals surface area contributed by atoms with Gasteiger partial charge >= 0.3 is 0 Å². The highest BCUT2D eigenvalue weighted by Crippen LogP contribution is 2.30. The van der Waals surface area contributed by atoms with E-state index in [0.29, 0.717) is 43.3 Å². The molecule has 0 saturated carbocycles. The maximum Gasteiger partial charge on any atom is 0.225 e. The smallest absolute Gasteiger partial charge is 0.225 e. The van der Waals surface area contributed by atoms with Gasteiger partial charge in [0.05, 0.1) is 25.7 Å². The third-order valence-electron chi connectivity index (χ3n) is 4.86. The lowest BCUT2D eigenvalue weighted by Crippen LogP contribution is -2.28. The van der Waals surface area contributed by atoms with Crippen molar-refractivity contribution >= 4 is 38.3 Å². The van der Waals surface area contributed by atoms with Crippen LogP contribution in [0.3, 0.4) is 0 Å². The van der Waals surface area contributed by atoms with E-state index in [2.05, 4.69) is 15.3 Å². The lowest BCUT2D eigenvalue weighted by atomic mass is 10.1. The summed E-state index contributed by atoms with van der Waals surface area (Å²) in [6.45, 7) is 1.86. The maximum atomic E-state index is 11.7. The summed E-state index contributed by atoms with van der Waals surface area (Å²) >= 11 is 6.14. The zero-order valence-electron chi connectivity index (χ0n) is 15.8. The van der Waals surface area contributed by atoms with Gasteiger partial charge in [0.2, 0.25) is 15.3 Å². The van der Waals surface area contributed by atoms with Gasteiger partial charge < -0.3 is 14.5 Å². The zero-order valence-corrected chi connectivity index (χ0v) is 17.4. The highest BCUT2D eigenvalue weighted by molar-refractivity contribution is 7.88. The summed E-state index contributed by atoms with van der Waals surface area (Å²) in [4.78, 5) is 8.63. The standard InChI is InChI=1S/C19H21ClN4O4S/c1-29(25,26)24-8-7-13(11-24)12-28-16-6-2-5-15-17(16)22-19(20)23-18(15)21-10-14-4-3-9-27-14/h2-6,9,13H,7-8,10-12H2,1H3,(H,21,22,23). The third-order valence-corrected chi connectivity index (χ3v) is 6.30. The van der Waals surface area contributed by atoms with Gasteiger partial charge in [0, 0.05) is 24.4 Å². The van der Waals surface area contributed by atoms with Gasteiger partial charge in [-0.1, -0.05) is 6.07 Å². The van der Waals surface area contributed by atoms with Crippen molar-refractivity contribution < 1.29 is 17.6 Å². The van der Waals surface area contributed by atoms with Crippen molar-refractivity contribution in [2.75, 3.05) is 31.3 Å². The van der Waals surface area contributed by atoms with Crippen molar-refractivity contribution in [2.45, 2.75) is 13.0 Å². The number of furan rings is 1. The summed E-state index contributed by atoms with van der Waals surface area (Å²) < 4.78 is 36.2. The van der Waals surface area contributed by atoms with E-state index in [1.165, 1.54) is 10.6 Å². The van der Waals surface area contributed by atoms with Crippen molar-refractivity contribution in [3.05, 3.63) is 47.6 Å². The van der Waals surface area contributed by atoms with Crippen LogP contribution in [-0.2, 0) is 16.6 Å². The predicted molar refractivity (Wildman–Crippen MR) is 111 cm³/mol. The molecular formula is C19H21ClN4O4S. The molecule has 3 aromatic rings. The molecule has 1 fully saturated rings. The van der Waals surface area contributed by atoms with Crippen LogP contribution < -0.4 is 10.1 Å². The molecule has 1 aromatic carbocycles. The molecule has 1 saturated heterocycles. The fourth-order valence-electron chi connectivity index (χ4n) is 3.38. The second kappa shape index (κ2) is 8.17. The van der Waals surface area contributed by atoms with E-state index in [0.717, 1.165) is 17.6 Å². The van der Waals surface area contributed by atoms with Gasteiger partial charge in [-0.3, -0.25) is 0 Å². The molecule has 10 heteroatoms. The third kappa shape index (κ3) is 4.63. The highest BCUT2D eigenvalue weighted by atomic mass is 35.5. The van der Waals surface area contributed by atoms with Crippen molar-refractivity contribution in [1.82, 2.24) is 14.3 Å². The minimum absolute atomic E-state index is 0.111. The Kier molecular flexibility index (Phi) is 5.62. The molecule has 29 heavy (non-hydrogen) atoms. The number of nitrogens with one attached hydrogen (secondary N) is 1. The van der Waals surface area contributed by atoms with Gasteiger partial charge in [0.25, 0.3) is 0 Å². The summed E-state index contributed by atoms with van der Waals surface area (Å²) in [6.07, 6.45) is 3.61. The Balaban J connectivity index is 1.51. The zero-order chi connectivity index (χ0) is 20.4. The molecule has 0 aliphatic carbocycles. The second-order valence-electron chi connectivity index (χ2n) is 7.01. The monoisotopic (exact) mass is 436 g/mol. The van der Waals surface area contributed by atoms with Gasteiger partial charge in [-0.2, -0.15) is 0 Å². The highest BCUT2D eigenvalue weighted by Gasteiger charge is 2.29. The number of para-hydroxylation sites is 1. The molecule has 0 bridgehead atoms. The van der Waals surface area contributed by atoms with E-state index < -0.39 is 10.0 Å². The topological polar surface area (TPSA) is 97.6 Å². The second-order valence-corrected chi connectivity index (χ2v) is 9.33. The minimum atomic E-state index is -3.17. The van der Waals surface area contributed by atoms with E-state index in [1.807, 2.05) is 30.3 Å². The molecule has 4 rings (SSSR count). The van der Waals surface area contributed by atoms with Crippen molar-refractivity contribution in [3.63, 3.8) is 0 Å². The Morgan fingerprint density at radius 2 is 2.17 bits per heavy atom. The number of sulfonamides is 1. The number of hydrogen-bond acceptors (Lipinski definition) is 7. The number of nitrogens with zero attached hydrogens (tertiary/aromatic N) is 3. The summed E-state index contributed by atoms with van der Waals surface area (Å²) in [7, 11) is -3.17. The predicted octanol–water partition coefficient (Wildman–Crippen LogP) is 3.15. The van der Waals surface area contributed by atoms with Crippen LogP contribution in [0.5, 0.6) is 5.75 Å². The number of anilines is 1. The van der Waals surface area contributed by atoms with Gasteiger partial charge in [0.1, 0.15) is 22.8 Å². The Bertz CT molecular complexity index is 1100. The molecule has 1 N–H and O–H groups in total. The van der Waals surface area contributed by atoms with Gasteiger partial charge in [-0.15, -0.1) is 0 Å². The number of rotatable bonds is 7. The Labute approximate surface area is 173 Å². The molecule has 0 amide bonds. The van der Waals surface area contributed by atoms with Crippen LogP contribution in [0.4, 0.5) is 5.82 Å². The normalized spacial score (nSPS) is 17.7. The van der Waals surface area contributed by atoms with Crippen molar-refractivity contribution in [2.24, 2.45) is 5.92 Å². The van der Waals surface area contributed by atoms with Crippen LogP contribution in [0.1, 0.15) is 12.2 Å². The molecule has 2 aromatic heterocycles. The number of halogens is 1. The van der Waals surface area contributed by atoms with Crippen molar-refractivity contribution in [3.8, 4) is 5.75 Å². The largest absolute Gasteiger partial charge is 0.491 e. The molecule has 8 nitrogen and oxygen atoms in total. The molecule has 1 aliphatic heterocycles. The summed E-state index contributed by atoms with van der Waals surface area (Å²) in [5.74, 6) is 2.09. The molecule has 1 unspecified atom stereocenters. The van der Waals surface area contributed by atoms with E-state index in [9.17, 15) is 8.42 Å². The first kappa shape index (κ1) is 19.9. The SMILES string of the molecule is CS(=O)(=O)N1CCC(COc2cccc3c(NCc4ccco4)nc(Cl)nc23)C1. The van der Waals surface area contributed by atoms with E-state index in [-0.39, 0.29) is 11.2 Å². The van der Waals surface area contributed by atoms with Crippen molar-refractivity contribution in [1.29, 1.82) is 0 Å². The minimum Gasteiger partial charge on any atom is -0.491 e. The van der Waals surface area contributed by atoms with E-state index in [1.54, 1.807) is 6.26 Å². The summed E-state index contributed by atoms with van der Waals surface area (Å²) in [5, 5.41) is 4.11. The molecule has 0 radical (unpaired) electrons. The molecule has 0 spiro atoms. The van der Waals surface area contributed by atoms with Crippen LogP contribution in [0.25, 0.3) is 10.9 Å². The van der Waals surface area contributed by atoms with Gasteiger partial charge in [-0.25, -0.2) is 22.7 Å². The van der Waals surface area contributed by atoms with Gasteiger partial charge in [0.15, 0.2) is 0 Å². The Morgan fingerprint density at radius 1 is 1.31 bits per heavy atom. The summed E-state index contributed by atoms with van der Waals surface area (Å²) in [6, 6.07) is 9.27. The summed E-state index contributed by atoms with van der Waals surface area (Å²) in [5.41, 5.74) is 0.604. The first-order valence-electron chi connectivity index (χ1n) is 9.20. The fourth-order valence-corrected chi connectivity index (χ4v) is 4.46. The van der Waals surface area contributed by atoms with E-state index >= 15 is 0 Å². The molecule has 154 valence electrons. The number of aromatic nitrogens is 2. The lowest BCUT2D eigenvalue weighted by molar-refractivity contribution is 0.257. The number of ether oxygens (including phenoxy) is 1. The van der Waals surface area contributed by atoms with Crippen LogP contribution in [0, 0.1) is 5.92 Å². The van der Waals surface area contributed by atoms with E-state index in [4.69, 9.17) is 20.8 Å². The fraction of sp³-hybridized carbons (Fsp3) is 0.368. The first-order valence-corrected chi connectivity index (χ1v) is 11.4. The molecule has 1 aliphatic rings. The average molecular weight is 437 g/mol. The first-order chi connectivity index (χ1) is 13.9. The number of fused-ring (bicyclic) bond motifs is 1. The van der Waals surface area contributed by atoms with Gasteiger partial charge in [-0.05, 0) is 42.3 Å². The van der Waals surface area contributed by atoms with Crippen LogP contribution >= 0.6 is 11.6 Å². The van der Waals surface area contributed by atoms with Crippen LogP contribution in [0.2, 0.25) is 5.28 Å². The Morgan fingerprint density at radius 3 is 2.90 bits per heavy atom. The number of benzene rings is 1. The van der Waals surface area contributed by atoms with Crippen LogP contribution in [-0.4, -0.2) is 48.6 Å². The molecule has 1 atom stereocenters.